The minimum Gasteiger partial charge on any atom is -0.494 e. The van der Waals surface area contributed by atoms with Crippen molar-refractivity contribution in [2.45, 2.75) is 45.1 Å². The van der Waals surface area contributed by atoms with Crippen LogP contribution in [-0.2, 0) is 11.2 Å². The van der Waals surface area contributed by atoms with Crippen molar-refractivity contribution in [3.05, 3.63) is 54.0 Å². The Balaban J connectivity index is 1.60. The Kier molecular flexibility index (Phi) is 7.34. The molecule has 1 saturated heterocycles. The normalized spacial score (nSPS) is 16.0. The van der Waals surface area contributed by atoms with Gasteiger partial charge in [-0.2, -0.15) is 0 Å². The molecule has 1 aromatic heterocycles. The first kappa shape index (κ1) is 19.5. The Hall–Kier alpha value is -2.27. The summed E-state index contributed by atoms with van der Waals surface area (Å²) in [4.78, 5) is 14.8. The number of likely N-dealkylation sites (tertiary alicyclic amines) is 1. The lowest BCUT2D eigenvalue weighted by molar-refractivity contribution is -0.121. The maximum Gasteiger partial charge on any atom is 0.220 e. The van der Waals surface area contributed by atoms with E-state index in [1.54, 1.807) is 6.26 Å². The predicted molar refractivity (Wildman–Crippen MR) is 106 cm³/mol. The summed E-state index contributed by atoms with van der Waals surface area (Å²) in [6.07, 6.45) is 6.47. The molecule has 5 nitrogen and oxygen atoms in total. The van der Waals surface area contributed by atoms with Crippen LogP contribution in [0.4, 0.5) is 0 Å². The first-order chi connectivity index (χ1) is 13.3. The summed E-state index contributed by atoms with van der Waals surface area (Å²) in [7, 11) is 0. The van der Waals surface area contributed by atoms with Gasteiger partial charge < -0.3 is 14.5 Å². The fourth-order valence-electron chi connectivity index (χ4n) is 3.63. The van der Waals surface area contributed by atoms with Crippen LogP contribution >= 0.6 is 0 Å². The van der Waals surface area contributed by atoms with Crippen LogP contribution in [0.25, 0.3) is 0 Å². The molecule has 1 aliphatic heterocycles. The summed E-state index contributed by atoms with van der Waals surface area (Å²) in [5.41, 5.74) is 1.23. The lowest BCUT2D eigenvalue weighted by Crippen LogP contribution is -2.40. The molecular weight excluding hydrogens is 340 g/mol. The highest BCUT2D eigenvalue weighted by Crippen LogP contribution is 2.26. The highest BCUT2D eigenvalue weighted by molar-refractivity contribution is 5.76. The van der Waals surface area contributed by atoms with Crippen LogP contribution in [0.5, 0.6) is 5.75 Å². The summed E-state index contributed by atoms with van der Waals surface area (Å²) < 4.78 is 10.9. The molecule has 0 spiro atoms. The maximum absolute atomic E-state index is 12.3. The lowest BCUT2D eigenvalue weighted by Gasteiger charge is -2.35. The van der Waals surface area contributed by atoms with E-state index in [2.05, 4.69) is 22.3 Å². The number of hydrogen-bond donors (Lipinski definition) is 1. The Morgan fingerprint density at radius 2 is 1.96 bits per heavy atom. The van der Waals surface area contributed by atoms with Crippen molar-refractivity contribution < 1.29 is 13.9 Å². The average molecular weight is 370 g/mol. The van der Waals surface area contributed by atoms with Crippen molar-refractivity contribution in [3.8, 4) is 5.75 Å². The highest BCUT2D eigenvalue weighted by Gasteiger charge is 2.23. The summed E-state index contributed by atoms with van der Waals surface area (Å²) in [5.74, 6) is 1.81. The fraction of sp³-hybridized carbons (Fsp3) is 0.500. The Bertz CT molecular complexity index is 676. The molecule has 0 radical (unpaired) electrons. The number of nitrogens with zero attached hydrogens (tertiary/aromatic N) is 1. The quantitative estimate of drug-likeness (QED) is 0.726. The zero-order valence-corrected chi connectivity index (χ0v) is 16.2. The van der Waals surface area contributed by atoms with Gasteiger partial charge in [0, 0.05) is 19.4 Å². The van der Waals surface area contributed by atoms with Crippen molar-refractivity contribution in [1.29, 1.82) is 0 Å². The van der Waals surface area contributed by atoms with Crippen LogP contribution in [0, 0.1) is 0 Å². The second kappa shape index (κ2) is 10.2. The number of nitrogens with one attached hydrogen (secondary N) is 1. The maximum atomic E-state index is 12.3. The van der Waals surface area contributed by atoms with Gasteiger partial charge in [-0.05, 0) is 62.7 Å². The van der Waals surface area contributed by atoms with E-state index >= 15 is 0 Å². The molecule has 1 atom stereocenters. The second-order valence-electron chi connectivity index (χ2n) is 7.00. The fourth-order valence-corrected chi connectivity index (χ4v) is 3.63. The summed E-state index contributed by atoms with van der Waals surface area (Å²) in [6.45, 7) is 5.45. The van der Waals surface area contributed by atoms with Crippen LogP contribution in [0.15, 0.2) is 47.1 Å². The molecule has 5 heteroatoms. The van der Waals surface area contributed by atoms with Crippen LogP contribution in [0.3, 0.4) is 0 Å². The van der Waals surface area contributed by atoms with Gasteiger partial charge in [-0.15, -0.1) is 0 Å². The Labute approximate surface area is 161 Å². The first-order valence-corrected chi connectivity index (χ1v) is 10.0. The summed E-state index contributed by atoms with van der Waals surface area (Å²) in [5, 5.41) is 3.13. The largest absolute Gasteiger partial charge is 0.494 e. The number of aryl methyl sites for hydroxylation is 1. The third kappa shape index (κ3) is 5.86. The third-order valence-corrected chi connectivity index (χ3v) is 5.08. The van der Waals surface area contributed by atoms with Crippen molar-refractivity contribution in [2.75, 3.05) is 26.2 Å². The van der Waals surface area contributed by atoms with Crippen LogP contribution in [0.2, 0.25) is 0 Å². The number of ether oxygens (including phenoxy) is 1. The van der Waals surface area contributed by atoms with Crippen LogP contribution in [-0.4, -0.2) is 37.0 Å². The molecule has 2 heterocycles. The van der Waals surface area contributed by atoms with Gasteiger partial charge >= 0.3 is 0 Å². The molecule has 146 valence electrons. The van der Waals surface area contributed by atoms with Crippen molar-refractivity contribution in [2.24, 2.45) is 0 Å². The second-order valence-corrected chi connectivity index (χ2v) is 7.00. The zero-order valence-electron chi connectivity index (χ0n) is 16.2. The Morgan fingerprint density at radius 1 is 1.19 bits per heavy atom. The molecule has 0 saturated carbocycles. The van der Waals surface area contributed by atoms with Gasteiger partial charge in [0.15, 0.2) is 0 Å². The van der Waals surface area contributed by atoms with Gasteiger partial charge in [-0.3, -0.25) is 9.69 Å². The van der Waals surface area contributed by atoms with E-state index in [0.29, 0.717) is 26.0 Å². The molecule has 1 amide bonds. The van der Waals surface area contributed by atoms with E-state index in [-0.39, 0.29) is 11.9 Å². The SMILES string of the molecule is CCOc1ccc(C(CNC(=O)CCc2ccco2)N2CCCCC2)cc1. The third-order valence-electron chi connectivity index (χ3n) is 5.08. The molecule has 0 bridgehead atoms. The molecular formula is C22H30N2O3. The van der Waals surface area contributed by atoms with Gasteiger partial charge in [0.25, 0.3) is 0 Å². The van der Waals surface area contributed by atoms with Gasteiger partial charge in [0.1, 0.15) is 11.5 Å². The number of hydrogen-bond acceptors (Lipinski definition) is 4. The number of amides is 1. The van der Waals surface area contributed by atoms with E-state index in [9.17, 15) is 4.79 Å². The number of furan rings is 1. The molecule has 1 aromatic carbocycles. The van der Waals surface area contributed by atoms with E-state index < -0.39 is 0 Å². The first-order valence-electron chi connectivity index (χ1n) is 10.0. The number of benzene rings is 1. The highest BCUT2D eigenvalue weighted by atomic mass is 16.5. The standard InChI is InChI=1S/C22H30N2O3/c1-2-26-20-10-8-18(9-11-20)21(24-14-4-3-5-15-24)17-23-22(25)13-12-19-7-6-16-27-19/h6-11,16,21H,2-5,12-15,17H2,1H3,(H,23,25). The Morgan fingerprint density at radius 3 is 2.63 bits per heavy atom. The van der Waals surface area contributed by atoms with E-state index in [4.69, 9.17) is 9.15 Å². The molecule has 1 aliphatic rings. The molecule has 1 N–H and O–H groups in total. The molecule has 0 aliphatic carbocycles. The molecule has 3 rings (SSSR count). The zero-order chi connectivity index (χ0) is 18.9. The molecule has 1 unspecified atom stereocenters. The monoisotopic (exact) mass is 370 g/mol. The van der Waals surface area contributed by atoms with E-state index in [1.165, 1.54) is 24.8 Å². The number of piperidine rings is 1. The topological polar surface area (TPSA) is 54.7 Å². The minimum atomic E-state index is 0.0688. The van der Waals surface area contributed by atoms with Gasteiger partial charge in [-0.25, -0.2) is 0 Å². The van der Waals surface area contributed by atoms with Gasteiger partial charge in [0.05, 0.1) is 18.9 Å². The van der Waals surface area contributed by atoms with Gasteiger partial charge in [0.2, 0.25) is 5.91 Å². The predicted octanol–water partition coefficient (Wildman–Crippen LogP) is 3.95. The summed E-state index contributed by atoms with van der Waals surface area (Å²) >= 11 is 0. The molecule has 1 fully saturated rings. The van der Waals surface area contributed by atoms with Crippen LogP contribution < -0.4 is 10.1 Å². The summed E-state index contributed by atoms with van der Waals surface area (Å²) in [6, 6.07) is 12.3. The average Bonchev–Trinajstić information content (AvgIpc) is 3.22. The van der Waals surface area contributed by atoms with E-state index in [1.807, 2.05) is 31.2 Å². The van der Waals surface area contributed by atoms with E-state index in [0.717, 1.165) is 24.6 Å². The van der Waals surface area contributed by atoms with Crippen molar-refractivity contribution in [3.63, 3.8) is 0 Å². The molecule has 2 aromatic rings. The smallest absolute Gasteiger partial charge is 0.220 e. The minimum absolute atomic E-state index is 0.0688. The van der Waals surface area contributed by atoms with Crippen molar-refractivity contribution >= 4 is 5.91 Å². The van der Waals surface area contributed by atoms with Crippen LogP contribution in [0.1, 0.15) is 50.0 Å². The number of carbonyl (C=O) groups excluding carboxylic acids is 1. The van der Waals surface area contributed by atoms with Gasteiger partial charge in [-0.1, -0.05) is 18.6 Å². The van der Waals surface area contributed by atoms with Crippen molar-refractivity contribution in [1.82, 2.24) is 10.2 Å². The number of carbonyl (C=O) groups is 1. The lowest BCUT2D eigenvalue weighted by atomic mass is 10.0. The number of rotatable bonds is 9. The molecule has 27 heavy (non-hydrogen) atoms.